The minimum Gasteiger partial charge on any atom is -0.0876 e. The zero-order valence-electron chi connectivity index (χ0n) is 6.76. The summed E-state index contributed by atoms with van der Waals surface area (Å²) in [5.74, 6) is 2.62. The maximum Gasteiger partial charge on any atom is 0.0279 e. The first-order chi connectivity index (χ1) is 5.31. The monoisotopic (exact) mass is 212 g/mol. The lowest BCUT2D eigenvalue weighted by atomic mass is 9.66. The summed E-state index contributed by atoms with van der Waals surface area (Å²) in [5.41, 5.74) is 1.46. The molecule has 1 heteroatoms. The highest BCUT2D eigenvalue weighted by molar-refractivity contribution is 9.09. The first-order valence-corrected chi connectivity index (χ1v) is 5.38. The summed E-state index contributed by atoms with van der Waals surface area (Å²) < 4.78 is 0. The summed E-state index contributed by atoms with van der Waals surface area (Å²) >= 11 is 3.49. The summed E-state index contributed by atoms with van der Waals surface area (Å²) in [7, 11) is 0. The quantitative estimate of drug-likeness (QED) is 0.587. The molecule has 3 aliphatic carbocycles. The molecule has 3 unspecified atom stereocenters. The molecule has 0 N–H and O–H groups in total. The van der Waals surface area contributed by atoms with Gasteiger partial charge in [-0.2, -0.15) is 0 Å². The van der Waals surface area contributed by atoms with E-state index in [4.69, 9.17) is 0 Å². The van der Waals surface area contributed by atoms with Crippen molar-refractivity contribution >= 4 is 15.9 Å². The fourth-order valence-corrected chi connectivity index (χ4v) is 2.38. The van der Waals surface area contributed by atoms with Crippen molar-refractivity contribution in [2.75, 3.05) is 5.33 Å². The summed E-state index contributed by atoms with van der Waals surface area (Å²) in [6.45, 7) is 2.36. The average molecular weight is 213 g/mol. The van der Waals surface area contributed by atoms with Crippen molar-refractivity contribution in [1.82, 2.24) is 0 Å². The lowest BCUT2D eigenvalue weighted by molar-refractivity contribution is 0.174. The van der Waals surface area contributed by atoms with Crippen LogP contribution in [0.2, 0.25) is 0 Å². The second-order valence-corrected chi connectivity index (χ2v) is 4.22. The van der Waals surface area contributed by atoms with E-state index in [2.05, 4.69) is 41.1 Å². The van der Waals surface area contributed by atoms with Gasteiger partial charge in [0.15, 0.2) is 0 Å². The Labute approximate surface area is 76.5 Å². The van der Waals surface area contributed by atoms with Crippen LogP contribution in [0.15, 0.2) is 23.8 Å². The number of hydrogen-bond donors (Lipinski definition) is 0. The van der Waals surface area contributed by atoms with E-state index in [1.54, 1.807) is 0 Å². The van der Waals surface area contributed by atoms with Crippen LogP contribution in [-0.4, -0.2) is 5.33 Å². The highest BCUT2D eigenvalue weighted by Gasteiger charge is 2.35. The summed E-state index contributed by atoms with van der Waals surface area (Å²) in [5, 5.41) is 1.01. The molecule has 1 fully saturated rings. The van der Waals surface area contributed by atoms with E-state index in [0.29, 0.717) is 0 Å². The van der Waals surface area contributed by atoms with Gasteiger partial charge in [0.1, 0.15) is 0 Å². The van der Waals surface area contributed by atoms with Gasteiger partial charge in [-0.3, -0.25) is 0 Å². The van der Waals surface area contributed by atoms with Gasteiger partial charge in [-0.05, 0) is 29.7 Å². The third kappa shape index (κ3) is 1.20. The van der Waals surface area contributed by atoms with Gasteiger partial charge in [-0.25, -0.2) is 0 Å². The molecule has 0 aliphatic heterocycles. The predicted octanol–water partition coefficient (Wildman–Crippen LogP) is 3.15. The average Bonchev–Trinajstić information content (AvgIpc) is 2.32. The molecular formula is C10H13Br. The van der Waals surface area contributed by atoms with Crippen LogP contribution in [0.3, 0.4) is 0 Å². The van der Waals surface area contributed by atoms with Gasteiger partial charge in [-0.15, -0.1) is 0 Å². The number of rotatable bonds is 1. The molecule has 0 spiro atoms. The molecule has 3 rings (SSSR count). The standard InChI is InChI=1S/C10H13Br/c1-7-9-3-2-8(6-11)4-10(7)5-9/h2-4,7,9-10H,5-6H2,1H3. The number of fused-ring (bicyclic) bond motifs is 1. The van der Waals surface area contributed by atoms with Crippen molar-refractivity contribution in [3.05, 3.63) is 23.8 Å². The molecule has 3 aliphatic rings. The van der Waals surface area contributed by atoms with Crippen LogP contribution in [0.5, 0.6) is 0 Å². The van der Waals surface area contributed by atoms with Crippen LogP contribution in [0.1, 0.15) is 13.3 Å². The zero-order chi connectivity index (χ0) is 7.84. The minimum atomic E-state index is 0.863. The molecule has 0 radical (unpaired) electrons. The van der Waals surface area contributed by atoms with Crippen molar-refractivity contribution in [2.45, 2.75) is 13.3 Å². The van der Waals surface area contributed by atoms with Crippen molar-refractivity contribution in [3.8, 4) is 0 Å². The molecule has 3 atom stereocenters. The Morgan fingerprint density at radius 2 is 2.36 bits per heavy atom. The van der Waals surface area contributed by atoms with Gasteiger partial charge in [0.05, 0.1) is 0 Å². The normalized spacial score (nSPS) is 40.9. The largest absolute Gasteiger partial charge is 0.0876 e. The Bertz CT molecular complexity index is 215. The van der Waals surface area contributed by atoms with E-state index in [1.165, 1.54) is 12.0 Å². The molecule has 0 aromatic carbocycles. The van der Waals surface area contributed by atoms with E-state index >= 15 is 0 Å². The number of hydrogen-bond acceptors (Lipinski definition) is 0. The first kappa shape index (κ1) is 7.60. The van der Waals surface area contributed by atoms with Crippen LogP contribution in [-0.2, 0) is 0 Å². The van der Waals surface area contributed by atoms with E-state index < -0.39 is 0 Å². The Hall–Kier alpha value is -0.0400. The highest BCUT2D eigenvalue weighted by Crippen LogP contribution is 2.44. The van der Waals surface area contributed by atoms with Gasteiger partial charge in [0.2, 0.25) is 0 Å². The second kappa shape index (κ2) is 2.78. The summed E-state index contributed by atoms with van der Waals surface area (Å²) in [6, 6.07) is 0. The molecule has 60 valence electrons. The Morgan fingerprint density at radius 3 is 3.00 bits per heavy atom. The second-order valence-electron chi connectivity index (χ2n) is 3.66. The molecule has 1 saturated carbocycles. The van der Waals surface area contributed by atoms with Crippen molar-refractivity contribution in [2.24, 2.45) is 17.8 Å². The Kier molecular flexibility index (Phi) is 1.92. The lowest BCUT2D eigenvalue weighted by Crippen LogP contribution is -2.30. The molecule has 0 saturated heterocycles. The Morgan fingerprint density at radius 1 is 1.55 bits per heavy atom. The zero-order valence-corrected chi connectivity index (χ0v) is 8.34. The van der Waals surface area contributed by atoms with Gasteiger partial charge in [0, 0.05) is 5.33 Å². The number of halogens is 1. The van der Waals surface area contributed by atoms with Crippen LogP contribution in [0, 0.1) is 17.8 Å². The fraction of sp³-hybridized carbons (Fsp3) is 0.600. The van der Waals surface area contributed by atoms with E-state index in [-0.39, 0.29) is 0 Å². The van der Waals surface area contributed by atoms with E-state index in [0.717, 1.165) is 23.1 Å². The fourth-order valence-electron chi connectivity index (χ4n) is 2.01. The van der Waals surface area contributed by atoms with Crippen molar-refractivity contribution < 1.29 is 0 Å². The SMILES string of the molecule is CC1C2C=CC(CBr)=CC1C2. The molecule has 0 heterocycles. The van der Waals surface area contributed by atoms with Crippen LogP contribution in [0.25, 0.3) is 0 Å². The van der Waals surface area contributed by atoms with E-state index in [9.17, 15) is 0 Å². The third-order valence-corrected chi connectivity index (χ3v) is 3.68. The van der Waals surface area contributed by atoms with E-state index in [1.807, 2.05) is 0 Å². The van der Waals surface area contributed by atoms with Crippen LogP contribution >= 0.6 is 15.9 Å². The number of allylic oxidation sites excluding steroid dienone is 4. The summed E-state index contributed by atoms with van der Waals surface area (Å²) in [4.78, 5) is 0. The minimum absolute atomic E-state index is 0.863. The molecule has 0 nitrogen and oxygen atoms in total. The van der Waals surface area contributed by atoms with Crippen LogP contribution < -0.4 is 0 Å². The first-order valence-electron chi connectivity index (χ1n) is 4.26. The smallest absolute Gasteiger partial charge is 0.0279 e. The molecule has 0 amide bonds. The van der Waals surface area contributed by atoms with Gasteiger partial charge in [0.25, 0.3) is 0 Å². The van der Waals surface area contributed by atoms with Gasteiger partial charge >= 0.3 is 0 Å². The molecular weight excluding hydrogens is 200 g/mol. The highest BCUT2D eigenvalue weighted by atomic mass is 79.9. The predicted molar refractivity (Wildman–Crippen MR) is 51.8 cm³/mol. The topological polar surface area (TPSA) is 0 Å². The molecule has 0 aromatic heterocycles. The van der Waals surface area contributed by atoms with Crippen molar-refractivity contribution in [3.63, 3.8) is 0 Å². The summed E-state index contributed by atoms with van der Waals surface area (Å²) in [6.07, 6.45) is 8.47. The third-order valence-electron chi connectivity index (χ3n) is 3.03. The van der Waals surface area contributed by atoms with Crippen molar-refractivity contribution in [1.29, 1.82) is 0 Å². The lowest BCUT2D eigenvalue weighted by Gasteiger charge is -2.38. The Balaban J connectivity index is 2.20. The number of alkyl halides is 1. The maximum atomic E-state index is 3.49. The molecule has 0 aromatic rings. The van der Waals surface area contributed by atoms with Gasteiger partial charge < -0.3 is 0 Å². The molecule has 11 heavy (non-hydrogen) atoms. The molecule has 2 bridgehead atoms. The maximum absolute atomic E-state index is 3.49. The van der Waals surface area contributed by atoms with Gasteiger partial charge in [-0.1, -0.05) is 41.1 Å². The van der Waals surface area contributed by atoms with Crippen LogP contribution in [0.4, 0.5) is 0 Å².